The van der Waals surface area contributed by atoms with Crippen LogP contribution in [0.15, 0.2) is 60.0 Å². The Kier molecular flexibility index (Phi) is 6.97. The predicted molar refractivity (Wildman–Crippen MR) is 118 cm³/mol. The molecule has 1 aromatic heterocycles. The fourth-order valence-electron chi connectivity index (χ4n) is 2.77. The average molecular weight is 444 g/mol. The number of carbonyl (C=O) groups excluding carboxylic acids is 2. The number of anilines is 2. The lowest BCUT2D eigenvalue weighted by Crippen LogP contribution is -2.24. The minimum absolute atomic E-state index is 0.132. The van der Waals surface area contributed by atoms with Crippen molar-refractivity contribution in [3.63, 3.8) is 0 Å². The lowest BCUT2D eigenvalue weighted by Gasteiger charge is -2.18. The predicted octanol–water partition coefficient (Wildman–Crippen LogP) is 5.29. The third-order valence-corrected chi connectivity index (χ3v) is 5.27. The van der Waals surface area contributed by atoms with Crippen LogP contribution < -0.4 is 4.90 Å². The number of thiazole rings is 1. The molecule has 0 N–H and O–H groups in total. The highest BCUT2D eigenvalue weighted by Gasteiger charge is 2.20. The first kappa shape index (κ1) is 21.7. The summed E-state index contributed by atoms with van der Waals surface area (Å²) in [5.41, 5.74) is 1.55. The van der Waals surface area contributed by atoms with Crippen LogP contribution in [0.4, 0.5) is 15.2 Å². The Labute approximate surface area is 183 Å². The summed E-state index contributed by atoms with van der Waals surface area (Å²) in [6.07, 6.45) is 2.97. The van der Waals surface area contributed by atoms with Crippen LogP contribution in [0, 0.1) is 5.82 Å². The maximum Gasteiger partial charge on any atom is 0.246 e. The maximum absolute atomic E-state index is 14.1. The Hall–Kier alpha value is -3.03. The lowest BCUT2D eigenvalue weighted by molar-refractivity contribution is -0.125. The fourth-order valence-corrected chi connectivity index (χ4v) is 3.83. The van der Waals surface area contributed by atoms with Crippen molar-refractivity contribution in [2.45, 2.75) is 13.5 Å². The van der Waals surface area contributed by atoms with Gasteiger partial charge in [-0.05, 0) is 35.9 Å². The Morgan fingerprint density at radius 3 is 2.67 bits per heavy atom. The molecule has 0 fully saturated rings. The number of hydrogen-bond donors (Lipinski definition) is 0. The molecule has 1 heterocycles. The van der Waals surface area contributed by atoms with Crippen LogP contribution in [-0.2, 0) is 16.1 Å². The number of rotatable bonds is 6. The van der Waals surface area contributed by atoms with E-state index in [1.807, 2.05) is 12.1 Å². The topological polar surface area (TPSA) is 53.5 Å². The van der Waals surface area contributed by atoms with Crippen LogP contribution in [0.2, 0.25) is 5.02 Å². The number of likely N-dealkylation sites (N-methyl/N-ethyl adjacent to an activating group) is 1. The van der Waals surface area contributed by atoms with Crippen LogP contribution in [0.3, 0.4) is 0 Å². The summed E-state index contributed by atoms with van der Waals surface area (Å²) in [6.45, 7) is 1.76. The van der Waals surface area contributed by atoms with Crippen molar-refractivity contribution >= 4 is 51.6 Å². The van der Waals surface area contributed by atoms with E-state index in [9.17, 15) is 14.0 Å². The number of hydrogen-bond acceptors (Lipinski definition) is 4. The van der Waals surface area contributed by atoms with Gasteiger partial charge in [0.25, 0.3) is 0 Å². The molecule has 0 bridgehead atoms. The molecule has 5 nitrogen and oxygen atoms in total. The van der Waals surface area contributed by atoms with Gasteiger partial charge < -0.3 is 4.90 Å². The lowest BCUT2D eigenvalue weighted by atomic mass is 10.2. The number of amides is 2. The van der Waals surface area contributed by atoms with Gasteiger partial charge in [0.05, 0.1) is 11.4 Å². The molecule has 0 aliphatic heterocycles. The number of carbonyl (C=O) groups is 2. The van der Waals surface area contributed by atoms with E-state index >= 15 is 0 Å². The summed E-state index contributed by atoms with van der Waals surface area (Å²) in [5.74, 6) is -1.08. The Morgan fingerprint density at radius 1 is 1.20 bits per heavy atom. The molecule has 0 atom stereocenters. The van der Waals surface area contributed by atoms with E-state index < -0.39 is 5.82 Å². The summed E-state index contributed by atoms with van der Waals surface area (Å²) in [4.78, 5) is 31.6. The molecule has 0 aliphatic carbocycles. The second-order valence-electron chi connectivity index (χ2n) is 6.52. The number of aromatic nitrogens is 1. The zero-order valence-corrected chi connectivity index (χ0v) is 18.0. The smallest absolute Gasteiger partial charge is 0.246 e. The third-order valence-electron chi connectivity index (χ3n) is 4.19. The van der Waals surface area contributed by atoms with Crippen LogP contribution in [0.5, 0.6) is 0 Å². The van der Waals surface area contributed by atoms with E-state index in [1.54, 1.807) is 47.7 Å². The highest BCUT2D eigenvalue weighted by Crippen LogP contribution is 2.31. The molecule has 30 heavy (non-hydrogen) atoms. The Balaban J connectivity index is 1.72. The van der Waals surface area contributed by atoms with Crippen molar-refractivity contribution in [1.29, 1.82) is 0 Å². The van der Waals surface area contributed by atoms with Crippen LogP contribution in [0.25, 0.3) is 6.08 Å². The normalized spacial score (nSPS) is 10.9. The van der Waals surface area contributed by atoms with Gasteiger partial charge in [-0.3, -0.25) is 14.5 Å². The first-order valence-electron chi connectivity index (χ1n) is 9.03. The molecule has 3 rings (SSSR count). The molecule has 2 aromatic carbocycles. The molecule has 2 amide bonds. The number of benzene rings is 2. The quantitative estimate of drug-likeness (QED) is 0.486. The van der Waals surface area contributed by atoms with Crippen molar-refractivity contribution in [3.05, 3.63) is 82.1 Å². The van der Waals surface area contributed by atoms with Gasteiger partial charge in [0.2, 0.25) is 11.8 Å². The largest absolute Gasteiger partial charge is 0.338 e. The average Bonchev–Trinajstić information content (AvgIpc) is 3.16. The van der Waals surface area contributed by atoms with Crippen LogP contribution in [-0.4, -0.2) is 28.7 Å². The summed E-state index contributed by atoms with van der Waals surface area (Å²) in [5, 5.41) is 2.64. The van der Waals surface area contributed by atoms with Crippen LogP contribution in [0.1, 0.15) is 18.2 Å². The second-order valence-corrected chi connectivity index (χ2v) is 7.79. The number of para-hydroxylation sites is 1. The van der Waals surface area contributed by atoms with Gasteiger partial charge in [-0.15, -0.1) is 11.3 Å². The first-order chi connectivity index (χ1) is 14.3. The fraction of sp³-hybridized carbons (Fsp3) is 0.136. The molecule has 0 saturated carbocycles. The van der Waals surface area contributed by atoms with Gasteiger partial charge >= 0.3 is 0 Å². The van der Waals surface area contributed by atoms with Crippen LogP contribution >= 0.6 is 22.9 Å². The molecule has 3 aromatic rings. The van der Waals surface area contributed by atoms with Crippen molar-refractivity contribution in [2.24, 2.45) is 0 Å². The van der Waals surface area contributed by atoms with Crippen molar-refractivity contribution in [1.82, 2.24) is 9.88 Å². The molecule has 8 heteroatoms. The SMILES string of the molecule is CC(=O)N(c1nc(C=CC(=O)N(C)Cc2cccc(Cl)c2)cs1)c1ccccc1F. The van der Waals surface area contributed by atoms with Crippen molar-refractivity contribution in [2.75, 3.05) is 11.9 Å². The molecular weight excluding hydrogens is 425 g/mol. The monoisotopic (exact) mass is 443 g/mol. The standard InChI is InChI=1S/C22H19ClFN3O2S/c1-15(28)27(20-9-4-3-8-19(20)24)22-25-18(14-30-22)10-11-21(29)26(2)13-16-6-5-7-17(23)12-16/h3-12,14H,13H2,1-2H3. The third kappa shape index (κ3) is 5.31. The zero-order valence-electron chi connectivity index (χ0n) is 16.4. The summed E-state index contributed by atoms with van der Waals surface area (Å²) < 4.78 is 14.1. The summed E-state index contributed by atoms with van der Waals surface area (Å²) in [6, 6.07) is 13.3. The molecular formula is C22H19ClFN3O2S. The van der Waals surface area contributed by atoms with E-state index in [2.05, 4.69) is 4.98 Å². The van der Waals surface area contributed by atoms with Gasteiger partial charge in [-0.1, -0.05) is 35.9 Å². The Bertz CT molecular complexity index is 1100. The molecule has 154 valence electrons. The second kappa shape index (κ2) is 9.65. The molecule has 0 spiro atoms. The van der Waals surface area contributed by atoms with Crippen molar-refractivity contribution in [3.8, 4) is 0 Å². The highest BCUT2D eigenvalue weighted by molar-refractivity contribution is 7.14. The molecule has 0 aliphatic rings. The van der Waals surface area contributed by atoms with Gasteiger partial charge in [-0.25, -0.2) is 9.37 Å². The maximum atomic E-state index is 14.1. The van der Waals surface area contributed by atoms with E-state index in [-0.39, 0.29) is 17.5 Å². The zero-order chi connectivity index (χ0) is 21.7. The van der Waals surface area contributed by atoms with Gasteiger partial charge in [0.15, 0.2) is 5.13 Å². The Morgan fingerprint density at radius 2 is 1.97 bits per heavy atom. The molecule has 0 radical (unpaired) electrons. The summed E-state index contributed by atoms with van der Waals surface area (Å²) >= 11 is 7.17. The van der Waals surface area contributed by atoms with E-state index in [1.165, 1.54) is 41.4 Å². The minimum Gasteiger partial charge on any atom is -0.338 e. The van der Waals surface area contributed by atoms with E-state index in [4.69, 9.17) is 11.6 Å². The van der Waals surface area contributed by atoms with E-state index in [0.29, 0.717) is 22.4 Å². The van der Waals surface area contributed by atoms with Crippen molar-refractivity contribution < 1.29 is 14.0 Å². The van der Waals surface area contributed by atoms with Gasteiger partial charge in [0, 0.05) is 37.0 Å². The minimum atomic E-state index is -0.516. The first-order valence-corrected chi connectivity index (χ1v) is 10.3. The van der Waals surface area contributed by atoms with E-state index in [0.717, 1.165) is 5.56 Å². The number of halogens is 2. The highest BCUT2D eigenvalue weighted by atomic mass is 35.5. The molecule has 0 saturated heterocycles. The van der Waals surface area contributed by atoms with Gasteiger partial charge in [-0.2, -0.15) is 0 Å². The summed E-state index contributed by atoms with van der Waals surface area (Å²) in [7, 11) is 1.69. The number of nitrogens with zero attached hydrogens (tertiary/aromatic N) is 3. The van der Waals surface area contributed by atoms with Gasteiger partial charge in [0.1, 0.15) is 5.82 Å². The molecule has 0 unspecified atom stereocenters.